The van der Waals surface area contributed by atoms with Crippen LogP contribution in [0.2, 0.25) is 0 Å². The number of hydrogen-bond acceptors (Lipinski definition) is 4. The Hall–Kier alpha value is -2.43. The van der Waals surface area contributed by atoms with E-state index in [0.29, 0.717) is 17.1 Å². The minimum absolute atomic E-state index is 0.0218. The lowest BCUT2D eigenvalue weighted by atomic mass is 10.1. The Morgan fingerprint density at radius 1 is 1.23 bits per heavy atom. The molecular weight excluding hydrogens is 282 g/mol. The number of aryl methyl sites for hydroxylation is 1. The quantitative estimate of drug-likeness (QED) is 0.854. The molecule has 118 valence electrons. The van der Waals surface area contributed by atoms with Crippen LogP contribution < -0.4 is 14.8 Å². The van der Waals surface area contributed by atoms with Crippen LogP contribution in [0.4, 0.5) is 0 Å². The third kappa shape index (κ3) is 3.81. The van der Waals surface area contributed by atoms with E-state index in [1.54, 1.807) is 31.6 Å². The summed E-state index contributed by atoms with van der Waals surface area (Å²) in [6.45, 7) is 1.97. The summed E-state index contributed by atoms with van der Waals surface area (Å²) in [4.78, 5) is 12.4. The number of ether oxygens (including phenoxy) is 2. The van der Waals surface area contributed by atoms with E-state index in [1.165, 1.54) is 7.11 Å². The van der Waals surface area contributed by atoms with E-state index in [1.807, 2.05) is 19.1 Å². The molecule has 5 heteroatoms. The molecule has 0 bridgehead atoms. The van der Waals surface area contributed by atoms with E-state index in [9.17, 15) is 4.79 Å². The molecule has 0 radical (unpaired) electrons. The van der Waals surface area contributed by atoms with Crippen molar-refractivity contribution in [2.75, 3.05) is 14.2 Å². The van der Waals surface area contributed by atoms with Gasteiger partial charge in [0.25, 0.3) is 5.91 Å². The van der Waals surface area contributed by atoms with Crippen LogP contribution in [0.15, 0.2) is 41.0 Å². The number of rotatable bonds is 7. The monoisotopic (exact) mass is 303 g/mol. The number of methoxy groups -OCH3 is 2. The normalized spacial score (nSPS) is 11.8. The summed E-state index contributed by atoms with van der Waals surface area (Å²) < 4.78 is 15.8. The molecule has 0 aliphatic heterocycles. The first kappa shape index (κ1) is 15.9. The number of furan rings is 1. The fourth-order valence-corrected chi connectivity index (χ4v) is 2.25. The molecule has 2 aromatic rings. The van der Waals surface area contributed by atoms with Crippen molar-refractivity contribution in [2.45, 2.75) is 25.8 Å². The Labute approximate surface area is 130 Å². The van der Waals surface area contributed by atoms with E-state index in [-0.39, 0.29) is 11.9 Å². The molecule has 22 heavy (non-hydrogen) atoms. The molecule has 2 rings (SSSR count). The number of carbonyl (C=O) groups is 1. The zero-order valence-corrected chi connectivity index (χ0v) is 13.1. The summed E-state index contributed by atoms with van der Waals surface area (Å²) in [6.07, 6.45) is 3.23. The van der Waals surface area contributed by atoms with Crippen LogP contribution in [0.1, 0.15) is 29.5 Å². The highest BCUT2D eigenvalue weighted by Crippen LogP contribution is 2.30. The smallest absolute Gasteiger partial charge is 0.255 e. The summed E-state index contributed by atoms with van der Waals surface area (Å²) in [5.41, 5.74) is 0.465. The number of nitrogens with one attached hydrogen (secondary N) is 1. The predicted molar refractivity (Wildman–Crippen MR) is 83.5 cm³/mol. The van der Waals surface area contributed by atoms with Gasteiger partial charge in [0.1, 0.15) is 5.76 Å². The number of hydrogen-bond donors (Lipinski definition) is 1. The topological polar surface area (TPSA) is 60.7 Å². The van der Waals surface area contributed by atoms with Crippen molar-refractivity contribution >= 4 is 5.91 Å². The van der Waals surface area contributed by atoms with Crippen molar-refractivity contribution in [1.29, 1.82) is 0 Å². The molecule has 0 saturated heterocycles. The Kier molecular flexibility index (Phi) is 5.47. The molecule has 1 atom stereocenters. The minimum Gasteiger partial charge on any atom is -0.493 e. The van der Waals surface area contributed by atoms with Crippen molar-refractivity contribution in [2.24, 2.45) is 0 Å². The lowest BCUT2D eigenvalue weighted by molar-refractivity contribution is 0.0934. The summed E-state index contributed by atoms with van der Waals surface area (Å²) in [6, 6.07) is 9.06. The second kappa shape index (κ2) is 7.54. The van der Waals surface area contributed by atoms with Crippen LogP contribution in [-0.4, -0.2) is 26.2 Å². The van der Waals surface area contributed by atoms with Gasteiger partial charge in [0.15, 0.2) is 11.5 Å². The Bertz CT molecular complexity index is 607. The van der Waals surface area contributed by atoms with Gasteiger partial charge in [0.05, 0.1) is 26.0 Å². The van der Waals surface area contributed by atoms with Gasteiger partial charge in [-0.05, 0) is 37.6 Å². The lowest BCUT2D eigenvalue weighted by Gasteiger charge is -2.16. The second-order valence-corrected chi connectivity index (χ2v) is 5.03. The fraction of sp³-hybridized carbons (Fsp3) is 0.353. The molecule has 0 aliphatic rings. The third-order valence-electron chi connectivity index (χ3n) is 3.43. The van der Waals surface area contributed by atoms with Gasteiger partial charge in [0.2, 0.25) is 0 Å². The molecule has 1 unspecified atom stereocenters. The lowest BCUT2D eigenvalue weighted by Crippen LogP contribution is -2.33. The fourth-order valence-electron chi connectivity index (χ4n) is 2.25. The maximum atomic E-state index is 12.4. The van der Waals surface area contributed by atoms with Gasteiger partial charge in [-0.1, -0.05) is 6.07 Å². The zero-order valence-electron chi connectivity index (χ0n) is 13.1. The molecule has 0 aliphatic carbocycles. The van der Waals surface area contributed by atoms with Gasteiger partial charge in [0, 0.05) is 12.5 Å². The Morgan fingerprint density at radius 2 is 2.05 bits per heavy atom. The first-order chi connectivity index (χ1) is 10.7. The zero-order chi connectivity index (χ0) is 15.9. The molecule has 0 fully saturated rings. The van der Waals surface area contributed by atoms with E-state index in [0.717, 1.165) is 18.6 Å². The molecule has 1 heterocycles. The van der Waals surface area contributed by atoms with Crippen molar-refractivity contribution in [3.8, 4) is 11.5 Å². The molecule has 1 aromatic carbocycles. The number of carbonyl (C=O) groups excluding carboxylic acids is 1. The van der Waals surface area contributed by atoms with Crippen LogP contribution in [0.25, 0.3) is 0 Å². The molecular formula is C17H21NO4. The van der Waals surface area contributed by atoms with Crippen LogP contribution >= 0.6 is 0 Å². The standard InChI is InChI=1S/C17H21NO4/c1-12(9-10-13-6-5-11-22-13)18-17(19)14-7-4-8-15(20-2)16(14)21-3/h4-8,11-12H,9-10H2,1-3H3,(H,18,19). The molecule has 1 aromatic heterocycles. The van der Waals surface area contributed by atoms with Crippen molar-refractivity contribution < 1.29 is 18.7 Å². The molecule has 0 saturated carbocycles. The number of benzene rings is 1. The summed E-state index contributed by atoms with van der Waals surface area (Å²) >= 11 is 0. The first-order valence-electron chi connectivity index (χ1n) is 7.20. The minimum atomic E-state index is -0.178. The summed E-state index contributed by atoms with van der Waals surface area (Å²) in [5.74, 6) is 1.72. The van der Waals surface area contributed by atoms with Crippen LogP contribution in [0, 0.1) is 0 Å². The van der Waals surface area contributed by atoms with Gasteiger partial charge in [-0.15, -0.1) is 0 Å². The SMILES string of the molecule is COc1cccc(C(=O)NC(C)CCc2ccco2)c1OC. The average molecular weight is 303 g/mol. The summed E-state index contributed by atoms with van der Waals surface area (Å²) in [7, 11) is 3.07. The van der Waals surface area contributed by atoms with Crippen LogP contribution in [0.3, 0.4) is 0 Å². The van der Waals surface area contributed by atoms with E-state index >= 15 is 0 Å². The molecule has 0 spiro atoms. The van der Waals surface area contributed by atoms with Gasteiger partial charge < -0.3 is 19.2 Å². The van der Waals surface area contributed by atoms with Crippen LogP contribution in [-0.2, 0) is 6.42 Å². The van der Waals surface area contributed by atoms with Crippen LogP contribution in [0.5, 0.6) is 11.5 Å². The number of amides is 1. The second-order valence-electron chi connectivity index (χ2n) is 5.03. The van der Waals surface area contributed by atoms with Crippen molar-refractivity contribution in [3.63, 3.8) is 0 Å². The van der Waals surface area contributed by atoms with E-state index in [2.05, 4.69) is 5.32 Å². The average Bonchev–Trinajstić information content (AvgIpc) is 3.05. The maximum absolute atomic E-state index is 12.4. The Balaban J connectivity index is 1.99. The molecule has 1 amide bonds. The highest BCUT2D eigenvalue weighted by Gasteiger charge is 2.17. The highest BCUT2D eigenvalue weighted by molar-refractivity contribution is 5.98. The van der Waals surface area contributed by atoms with E-state index < -0.39 is 0 Å². The van der Waals surface area contributed by atoms with E-state index in [4.69, 9.17) is 13.9 Å². The predicted octanol–water partition coefficient (Wildman–Crippen LogP) is 3.05. The van der Waals surface area contributed by atoms with Gasteiger partial charge >= 0.3 is 0 Å². The Morgan fingerprint density at radius 3 is 2.68 bits per heavy atom. The maximum Gasteiger partial charge on any atom is 0.255 e. The molecule has 5 nitrogen and oxygen atoms in total. The third-order valence-corrected chi connectivity index (χ3v) is 3.43. The highest BCUT2D eigenvalue weighted by atomic mass is 16.5. The first-order valence-corrected chi connectivity index (χ1v) is 7.20. The van der Waals surface area contributed by atoms with Gasteiger partial charge in [-0.2, -0.15) is 0 Å². The summed E-state index contributed by atoms with van der Waals surface area (Å²) in [5, 5.41) is 2.97. The van der Waals surface area contributed by atoms with Gasteiger partial charge in [-0.3, -0.25) is 4.79 Å². The van der Waals surface area contributed by atoms with Gasteiger partial charge in [-0.25, -0.2) is 0 Å². The molecule has 1 N–H and O–H groups in total. The largest absolute Gasteiger partial charge is 0.493 e. The van der Waals surface area contributed by atoms with Crippen molar-refractivity contribution in [3.05, 3.63) is 47.9 Å². The number of para-hydroxylation sites is 1. The van der Waals surface area contributed by atoms with Crippen molar-refractivity contribution in [1.82, 2.24) is 5.32 Å².